The molecule has 3 rings (SSSR count). The van der Waals surface area contributed by atoms with E-state index in [0.29, 0.717) is 0 Å². The Morgan fingerprint density at radius 1 is 0.952 bits per heavy atom. The van der Waals surface area contributed by atoms with Crippen LogP contribution >= 0.6 is 0 Å². The monoisotopic (exact) mass is 273 g/mol. The lowest BCUT2D eigenvalue weighted by Crippen LogP contribution is -1.91. The summed E-state index contributed by atoms with van der Waals surface area (Å²) in [5.74, 6) is 0.856. The highest BCUT2D eigenvalue weighted by Crippen LogP contribution is 2.23. The quantitative estimate of drug-likeness (QED) is 0.712. The van der Waals surface area contributed by atoms with Crippen molar-refractivity contribution >= 4 is 10.8 Å². The van der Waals surface area contributed by atoms with Gasteiger partial charge in [0.1, 0.15) is 5.75 Å². The van der Waals surface area contributed by atoms with Gasteiger partial charge in [-0.25, -0.2) is 0 Å². The van der Waals surface area contributed by atoms with E-state index in [1.54, 1.807) is 7.11 Å². The Morgan fingerprint density at radius 3 is 2.43 bits per heavy atom. The lowest BCUT2D eigenvalue weighted by atomic mass is 9.97. The molecule has 3 aromatic rings. The molecule has 0 heterocycles. The molecule has 0 unspecified atom stereocenters. The molecule has 0 bridgehead atoms. The summed E-state index contributed by atoms with van der Waals surface area (Å²) in [6.07, 6.45) is 0.809. The molecule has 0 N–H and O–H groups in total. The van der Waals surface area contributed by atoms with Crippen LogP contribution in [0, 0.1) is 11.3 Å². The average molecular weight is 273 g/mol. The fraction of sp³-hybridized carbons (Fsp3) is 0.105. The second-order valence-corrected chi connectivity index (χ2v) is 5.00. The van der Waals surface area contributed by atoms with E-state index in [2.05, 4.69) is 24.3 Å². The zero-order chi connectivity index (χ0) is 14.7. The summed E-state index contributed by atoms with van der Waals surface area (Å²) >= 11 is 0. The van der Waals surface area contributed by atoms with Crippen LogP contribution in [0.3, 0.4) is 0 Å². The minimum absolute atomic E-state index is 0.733. The normalized spacial score (nSPS) is 10.3. The van der Waals surface area contributed by atoms with Gasteiger partial charge in [-0.2, -0.15) is 5.26 Å². The summed E-state index contributed by atoms with van der Waals surface area (Å²) in [7, 11) is 1.66. The molecule has 0 saturated carbocycles. The molecule has 0 saturated heterocycles. The largest absolute Gasteiger partial charge is 0.497 e. The summed E-state index contributed by atoms with van der Waals surface area (Å²) in [5.41, 5.74) is 3.09. The molecular formula is C19H15NO. The van der Waals surface area contributed by atoms with Gasteiger partial charge in [-0.15, -0.1) is 0 Å². The number of ether oxygens (including phenoxy) is 1. The predicted molar refractivity (Wildman–Crippen MR) is 84.5 cm³/mol. The van der Waals surface area contributed by atoms with E-state index in [0.717, 1.165) is 34.1 Å². The Kier molecular flexibility index (Phi) is 3.57. The third-order valence-electron chi connectivity index (χ3n) is 3.61. The van der Waals surface area contributed by atoms with E-state index in [1.807, 2.05) is 42.5 Å². The van der Waals surface area contributed by atoms with Crippen LogP contribution in [-0.4, -0.2) is 7.11 Å². The molecule has 2 heteroatoms. The van der Waals surface area contributed by atoms with Crippen molar-refractivity contribution in [2.45, 2.75) is 6.42 Å². The maximum Gasteiger partial charge on any atom is 0.118 e. The van der Waals surface area contributed by atoms with E-state index in [-0.39, 0.29) is 0 Å². The van der Waals surface area contributed by atoms with Gasteiger partial charge in [-0.05, 0) is 46.5 Å². The number of benzene rings is 3. The number of methoxy groups -OCH3 is 1. The fourth-order valence-corrected chi connectivity index (χ4v) is 2.55. The molecule has 0 radical (unpaired) electrons. The van der Waals surface area contributed by atoms with E-state index in [4.69, 9.17) is 4.74 Å². The van der Waals surface area contributed by atoms with Crippen LogP contribution in [0.1, 0.15) is 16.7 Å². The van der Waals surface area contributed by atoms with E-state index < -0.39 is 0 Å². The molecule has 0 fully saturated rings. The van der Waals surface area contributed by atoms with Gasteiger partial charge in [0, 0.05) is 0 Å². The third-order valence-corrected chi connectivity index (χ3v) is 3.61. The van der Waals surface area contributed by atoms with E-state index in [1.165, 1.54) is 5.56 Å². The van der Waals surface area contributed by atoms with E-state index >= 15 is 0 Å². The molecule has 102 valence electrons. The Balaban J connectivity index is 1.98. The molecule has 2 nitrogen and oxygen atoms in total. The summed E-state index contributed by atoms with van der Waals surface area (Å²) < 4.78 is 5.17. The Bertz CT molecular complexity index is 813. The molecule has 21 heavy (non-hydrogen) atoms. The first-order valence-corrected chi connectivity index (χ1v) is 6.85. The Morgan fingerprint density at radius 2 is 1.71 bits per heavy atom. The fourth-order valence-electron chi connectivity index (χ4n) is 2.55. The SMILES string of the molecule is COc1ccc(Cc2cc(C#N)c3ccccc3c2)cc1. The van der Waals surface area contributed by atoms with Gasteiger partial charge in [0.2, 0.25) is 0 Å². The van der Waals surface area contributed by atoms with Gasteiger partial charge in [0.05, 0.1) is 18.7 Å². The van der Waals surface area contributed by atoms with Crippen molar-refractivity contribution in [3.63, 3.8) is 0 Å². The van der Waals surface area contributed by atoms with Crippen molar-refractivity contribution in [2.24, 2.45) is 0 Å². The average Bonchev–Trinajstić information content (AvgIpc) is 2.55. The summed E-state index contributed by atoms with van der Waals surface area (Å²) in [6, 6.07) is 22.5. The van der Waals surface area contributed by atoms with Gasteiger partial charge in [-0.3, -0.25) is 0 Å². The molecule has 0 aromatic heterocycles. The van der Waals surface area contributed by atoms with Crippen LogP contribution in [0.4, 0.5) is 0 Å². The highest BCUT2D eigenvalue weighted by Gasteiger charge is 2.04. The van der Waals surface area contributed by atoms with Gasteiger partial charge >= 0.3 is 0 Å². The lowest BCUT2D eigenvalue weighted by Gasteiger charge is -2.07. The van der Waals surface area contributed by atoms with Gasteiger partial charge in [0.25, 0.3) is 0 Å². The van der Waals surface area contributed by atoms with Gasteiger partial charge in [-0.1, -0.05) is 42.5 Å². The van der Waals surface area contributed by atoms with Crippen molar-refractivity contribution in [3.05, 3.63) is 77.4 Å². The molecular weight excluding hydrogens is 258 g/mol. The lowest BCUT2D eigenvalue weighted by molar-refractivity contribution is 0.414. The van der Waals surface area contributed by atoms with Gasteiger partial charge < -0.3 is 4.74 Å². The molecule has 0 aliphatic heterocycles. The van der Waals surface area contributed by atoms with Crippen LogP contribution in [0.5, 0.6) is 5.75 Å². The summed E-state index contributed by atoms with van der Waals surface area (Å²) in [6.45, 7) is 0. The van der Waals surface area contributed by atoms with Crippen molar-refractivity contribution in [2.75, 3.05) is 7.11 Å². The first kappa shape index (κ1) is 13.2. The number of fused-ring (bicyclic) bond motifs is 1. The molecule has 0 aliphatic rings. The zero-order valence-electron chi connectivity index (χ0n) is 11.8. The smallest absolute Gasteiger partial charge is 0.118 e. The van der Waals surface area contributed by atoms with Crippen LogP contribution in [0.15, 0.2) is 60.7 Å². The van der Waals surface area contributed by atoms with Crippen LogP contribution in [0.25, 0.3) is 10.8 Å². The standard InChI is InChI=1S/C19H15NO/c1-21-18-8-6-14(7-9-18)10-15-11-16-4-2-3-5-19(16)17(12-15)13-20/h2-9,11-12H,10H2,1H3. The second-order valence-electron chi connectivity index (χ2n) is 5.00. The third kappa shape index (κ3) is 2.73. The Labute approximate surface area is 124 Å². The van der Waals surface area contributed by atoms with Crippen molar-refractivity contribution in [3.8, 4) is 11.8 Å². The summed E-state index contributed by atoms with van der Waals surface area (Å²) in [5, 5.41) is 11.5. The first-order chi connectivity index (χ1) is 10.3. The number of hydrogen-bond acceptors (Lipinski definition) is 2. The highest BCUT2D eigenvalue weighted by molar-refractivity contribution is 5.88. The minimum Gasteiger partial charge on any atom is -0.497 e. The number of rotatable bonds is 3. The molecule has 0 atom stereocenters. The molecule has 3 aromatic carbocycles. The first-order valence-electron chi connectivity index (χ1n) is 6.85. The van der Waals surface area contributed by atoms with Crippen molar-refractivity contribution in [1.29, 1.82) is 5.26 Å². The minimum atomic E-state index is 0.733. The molecule has 0 amide bonds. The topological polar surface area (TPSA) is 33.0 Å². The maximum absolute atomic E-state index is 9.33. The molecule has 0 spiro atoms. The Hall–Kier alpha value is -2.79. The molecule has 0 aliphatic carbocycles. The number of nitriles is 1. The predicted octanol–water partition coefficient (Wildman–Crippen LogP) is 4.31. The van der Waals surface area contributed by atoms with Gasteiger partial charge in [0.15, 0.2) is 0 Å². The maximum atomic E-state index is 9.33. The van der Waals surface area contributed by atoms with Crippen molar-refractivity contribution < 1.29 is 4.74 Å². The van der Waals surface area contributed by atoms with Crippen LogP contribution < -0.4 is 4.74 Å². The number of nitrogens with zero attached hydrogens (tertiary/aromatic N) is 1. The zero-order valence-corrected chi connectivity index (χ0v) is 11.8. The highest BCUT2D eigenvalue weighted by atomic mass is 16.5. The summed E-state index contributed by atoms with van der Waals surface area (Å²) in [4.78, 5) is 0. The van der Waals surface area contributed by atoms with E-state index in [9.17, 15) is 5.26 Å². The van der Waals surface area contributed by atoms with Crippen molar-refractivity contribution in [1.82, 2.24) is 0 Å². The second kappa shape index (κ2) is 5.68. The van der Waals surface area contributed by atoms with Crippen LogP contribution in [0.2, 0.25) is 0 Å². The number of hydrogen-bond donors (Lipinski definition) is 0. The van der Waals surface area contributed by atoms with Crippen LogP contribution in [-0.2, 0) is 6.42 Å².